The van der Waals surface area contributed by atoms with Gasteiger partial charge in [-0.2, -0.15) is 0 Å². The minimum absolute atomic E-state index is 0.507. The number of isocyanates is 2. The molecule has 0 unspecified atom stereocenters. The Kier molecular flexibility index (Phi) is 9.45. The number of rotatable bonds is 0. The van der Waals surface area contributed by atoms with Crippen molar-refractivity contribution in [2.45, 2.75) is 59.8 Å². The maximum absolute atomic E-state index is 8.35. The van der Waals surface area contributed by atoms with E-state index in [2.05, 4.69) is 27.7 Å². The Labute approximate surface area is 104 Å². The van der Waals surface area contributed by atoms with Crippen LogP contribution in [-0.4, -0.2) is 12.2 Å². The van der Waals surface area contributed by atoms with Crippen molar-refractivity contribution in [1.82, 2.24) is 0 Å². The molecule has 0 aromatic heterocycles. The van der Waals surface area contributed by atoms with Crippen LogP contribution in [0.2, 0.25) is 0 Å². The maximum Gasteiger partial charge on any atom is 0.231 e. The topological polar surface area (TPSA) is 81.8 Å². The largest absolute Gasteiger partial charge is 0.231 e. The highest BCUT2D eigenvalue weighted by molar-refractivity contribution is 5.26. The van der Waals surface area contributed by atoms with Crippen LogP contribution in [-0.2, 0) is 9.59 Å². The van der Waals surface area contributed by atoms with Crippen LogP contribution in [0.25, 0.3) is 0 Å². The molecule has 0 bridgehead atoms. The van der Waals surface area contributed by atoms with E-state index in [4.69, 9.17) is 20.4 Å². The summed E-state index contributed by atoms with van der Waals surface area (Å²) >= 11 is 0. The fraction of sp³-hybridized carbons (Fsp3) is 0.846. The summed E-state index contributed by atoms with van der Waals surface area (Å²) < 4.78 is 0. The Hall–Kier alpha value is -1.24. The van der Waals surface area contributed by atoms with Crippen molar-refractivity contribution >= 4 is 12.2 Å². The molecule has 0 amide bonds. The summed E-state index contributed by atoms with van der Waals surface area (Å²) in [6.45, 7) is 9.63. The van der Waals surface area contributed by atoms with Gasteiger partial charge in [0.2, 0.25) is 12.2 Å². The van der Waals surface area contributed by atoms with E-state index >= 15 is 0 Å². The van der Waals surface area contributed by atoms with E-state index in [0.717, 1.165) is 12.2 Å². The minimum atomic E-state index is 0.507. The molecule has 17 heavy (non-hydrogen) atoms. The molecular weight excluding hydrogens is 216 g/mol. The van der Waals surface area contributed by atoms with Crippen LogP contribution < -0.4 is 0 Å². The molecule has 98 valence electrons. The van der Waals surface area contributed by atoms with Gasteiger partial charge in [0, 0.05) is 0 Å². The van der Waals surface area contributed by atoms with Gasteiger partial charge in [0.1, 0.15) is 0 Å². The van der Waals surface area contributed by atoms with Crippen LogP contribution >= 0.6 is 0 Å². The summed E-state index contributed by atoms with van der Waals surface area (Å²) in [6, 6.07) is 0. The predicted octanol–water partition coefficient (Wildman–Crippen LogP) is 3.80. The molecule has 0 spiro atoms. The SMILES string of the molecule is CC(C)(C)C1(C)CCCCC1.N=C=O.N=C=O. The van der Waals surface area contributed by atoms with E-state index in [-0.39, 0.29) is 0 Å². The normalized spacial score (nSPS) is 17.2. The molecule has 0 heterocycles. The number of hydrogen-bond acceptors (Lipinski definition) is 4. The summed E-state index contributed by atoms with van der Waals surface area (Å²) in [6.07, 6.45) is 8.75. The van der Waals surface area contributed by atoms with E-state index in [0.29, 0.717) is 10.8 Å². The summed E-state index contributed by atoms with van der Waals surface area (Å²) in [5.41, 5.74) is 1.12. The molecule has 4 nitrogen and oxygen atoms in total. The lowest BCUT2D eigenvalue weighted by Crippen LogP contribution is -2.34. The first kappa shape index (κ1) is 18.1. The highest BCUT2D eigenvalue weighted by Crippen LogP contribution is 2.48. The second-order valence-corrected chi connectivity index (χ2v) is 5.58. The van der Waals surface area contributed by atoms with Crippen LogP contribution in [0.4, 0.5) is 0 Å². The first-order valence-corrected chi connectivity index (χ1v) is 5.87. The van der Waals surface area contributed by atoms with Crippen molar-refractivity contribution in [3.8, 4) is 0 Å². The molecule has 0 saturated heterocycles. The van der Waals surface area contributed by atoms with Crippen LogP contribution in [0.15, 0.2) is 0 Å². The van der Waals surface area contributed by atoms with E-state index in [1.54, 1.807) is 0 Å². The summed E-state index contributed by atoms with van der Waals surface area (Å²) in [5.74, 6) is 0. The van der Waals surface area contributed by atoms with Crippen molar-refractivity contribution in [2.24, 2.45) is 10.8 Å². The Morgan fingerprint density at radius 2 is 1.24 bits per heavy atom. The van der Waals surface area contributed by atoms with Gasteiger partial charge >= 0.3 is 0 Å². The molecule has 1 fully saturated rings. The molecule has 2 N–H and O–H groups in total. The van der Waals surface area contributed by atoms with E-state index in [1.165, 1.54) is 32.1 Å². The zero-order chi connectivity index (χ0) is 13.9. The zero-order valence-electron chi connectivity index (χ0n) is 11.4. The van der Waals surface area contributed by atoms with Crippen molar-refractivity contribution in [3.63, 3.8) is 0 Å². The summed E-state index contributed by atoms with van der Waals surface area (Å²) in [7, 11) is 0. The van der Waals surface area contributed by atoms with E-state index in [1.807, 2.05) is 0 Å². The number of carbonyl (C=O) groups excluding carboxylic acids is 2. The van der Waals surface area contributed by atoms with Crippen molar-refractivity contribution in [2.75, 3.05) is 0 Å². The molecule has 1 saturated carbocycles. The average molecular weight is 240 g/mol. The second kappa shape index (κ2) is 8.86. The summed E-state index contributed by atoms with van der Waals surface area (Å²) in [4.78, 5) is 16.7. The minimum Gasteiger partial charge on any atom is -0.222 e. The molecule has 0 atom stereocenters. The average Bonchev–Trinajstić information content (AvgIpc) is 2.19. The zero-order valence-corrected chi connectivity index (χ0v) is 11.4. The third-order valence-corrected chi connectivity index (χ3v) is 3.77. The Balaban J connectivity index is 0. The Morgan fingerprint density at radius 1 is 0.941 bits per heavy atom. The number of hydrogen-bond donors (Lipinski definition) is 2. The van der Waals surface area contributed by atoms with E-state index in [9.17, 15) is 0 Å². The fourth-order valence-electron chi connectivity index (χ4n) is 2.08. The highest BCUT2D eigenvalue weighted by atomic mass is 16.1. The van der Waals surface area contributed by atoms with Gasteiger partial charge in [-0.05, 0) is 23.7 Å². The van der Waals surface area contributed by atoms with Gasteiger partial charge in [-0.25, -0.2) is 20.4 Å². The molecule has 1 aliphatic rings. The van der Waals surface area contributed by atoms with Gasteiger partial charge in [0.15, 0.2) is 0 Å². The second-order valence-electron chi connectivity index (χ2n) is 5.58. The smallest absolute Gasteiger partial charge is 0.222 e. The van der Waals surface area contributed by atoms with Gasteiger partial charge in [-0.3, -0.25) is 0 Å². The standard InChI is InChI=1S/C11H22.2CHNO/c1-10(2,3)11(4)8-6-5-7-9-11;2*2-1-3/h5-9H2,1-4H3;2*2H. The molecule has 4 heteroatoms. The highest BCUT2D eigenvalue weighted by Gasteiger charge is 2.37. The van der Waals surface area contributed by atoms with Crippen LogP contribution in [0.3, 0.4) is 0 Å². The summed E-state index contributed by atoms with van der Waals surface area (Å²) in [5, 5.41) is 10.8. The third kappa shape index (κ3) is 7.62. The molecule has 0 aliphatic heterocycles. The third-order valence-electron chi connectivity index (χ3n) is 3.77. The van der Waals surface area contributed by atoms with Crippen molar-refractivity contribution in [1.29, 1.82) is 10.8 Å². The lowest BCUT2D eigenvalue weighted by Gasteiger charge is -2.45. The van der Waals surface area contributed by atoms with Crippen LogP contribution in [0.5, 0.6) is 0 Å². The monoisotopic (exact) mass is 240 g/mol. The quantitative estimate of drug-likeness (QED) is 0.498. The molecule has 1 rings (SSSR count). The molecule has 1 aliphatic carbocycles. The fourth-order valence-corrected chi connectivity index (χ4v) is 2.08. The Morgan fingerprint density at radius 3 is 1.41 bits per heavy atom. The van der Waals surface area contributed by atoms with Crippen LogP contribution in [0, 0.1) is 21.6 Å². The molecular formula is C13H24N2O2. The van der Waals surface area contributed by atoms with Gasteiger partial charge in [-0.15, -0.1) is 0 Å². The van der Waals surface area contributed by atoms with Gasteiger partial charge < -0.3 is 0 Å². The van der Waals surface area contributed by atoms with Gasteiger partial charge in [0.25, 0.3) is 0 Å². The molecule has 0 aromatic rings. The first-order valence-electron chi connectivity index (χ1n) is 5.87. The van der Waals surface area contributed by atoms with E-state index < -0.39 is 0 Å². The van der Waals surface area contributed by atoms with Crippen LogP contribution in [0.1, 0.15) is 59.8 Å². The lowest BCUT2D eigenvalue weighted by molar-refractivity contribution is 0.0601. The Bertz CT molecular complexity index is 250. The van der Waals surface area contributed by atoms with Gasteiger partial charge in [0.05, 0.1) is 0 Å². The number of nitrogens with one attached hydrogen (secondary N) is 2. The van der Waals surface area contributed by atoms with Crippen molar-refractivity contribution < 1.29 is 9.59 Å². The predicted molar refractivity (Wildman–Crippen MR) is 67.5 cm³/mol. The lowest BCUT2D eigenvalue weighted by atomic mass is 9.61. The molecule has 0 radical (unpaired) electrons. The maximum atomic E-state index is 8.35. The van der Waals surface area contributed by atoms with Crippen molar-refractivity contribution in [3.05, 3.63) is 0 Å². The first-order chi connectivity index (χ1) is 7.79. The molecule has 0 aromatic carbocycles. The van der Waals surface area contributed by atoms with Gasteiger partial charge in [-0.1, -0.05) is 47.0 Å².